The molecule has 0 saturated carbocycles. The Kier molecular flexibility index (Phi) is 4.09. The SMILES string of the molecule is COc1cc(Cl)c(F)c(C(=O)CCN)c1O. The molecule has 0 atom stereocenters. The molecule has 0 unspecified atom stereocenters. The third-order valence-electron chi connectivity index (χ3n) is 2.03. The van der Waals surface area contributed by atoms with Crippen LogP contribution >= 0.6 is 11.6 Å². The smallest absolute Gasteiger partial charge is 0.171 e. The summed E-state index contributed by atoms with van der Waals surface area (Å²) in [5, 5.41) is 9.32. The Morgan fingerprint density at radius 3 is 2.81 bits per heavy atom. The first-order chi connectivity index (χ1) is 7.52. The zero-order chi connectivity index (χ0) is 12.3. The normalized spacial score (nSPS) is 10.2. The summed E-state index contributed by atoms with van der Waals surface area (Å²) in [5.74, 6) is -2.17. The number of methoxy groups -OCH3 is 1. The van der Waals surface area contributed by atoms with Crippen molar-refractivity contribution in [1.29, 1.82) is 0 Å². The van der Waals surface area contributed by atoms with E-state index >= 15 is 0 Å². The summed E-state index contributed by atoms with van der Waals surface area (Å²) < 4.78 is 18.3. The van der Waals surface area contributed by atoms with E-state index in [2.05, 4.69) is 0 Å². The van der Waals surface area contributed by atoms with Crippen LogP contribution < -0.4 is 10.5 Å². The molecule has 0 saturated heterocycles. The van der Waals surface area contributed by atoms with Crippen LogP contribution in [0.5, 0.6) is 11.5 Å². The molecule has 0 radical (unpaired) electrons. The second-order valence-corrected chi connectivity index (χ2v) is 3.47. The van der Waals surface area contributed by atoms with Gasteiger partial charge in [-0.2, -0.15) is 0 Å². The lowest BCUT2D eigenvalue weighted by atomic mass is 10.1. The number of ketones is 1. The van der Waals surface area contributed by atoms with E-state index in [-0.39, 0.29) is 23.7 Å². The summed E-state index contributed by atoms with van der Waals surface area (Å²) in [7, 11) is 1.28. The number of Topliss-reactive ketones (excluding diaryl/α,β-unsaturated/α-hetero) is 1. The van der Waals surface area contributed by atoms with Gasteiger partial charge >= 0.3 is 0 Å². The van der Waals surface area contributed by atoms with Gasteiger partial charge in [0.05, 0.1) is 12.1 Å². The Balaban J connectivity index is 3.35. The van der Waals surface area contributed by atoms with Gasteiger partial charge in [0.1, 0.15) is 5.56 Å². The van der Waals surface area contributed by atoms with Crippen molar-refractivity contribution >= 4 is 17.4 Å². The second-order valence-electron chi connectivity index (χ2n) is 3.06. The monoisotopic (exact) mass is 247 g/mol. The lowest BCUT2D eigenvalue weighted by Crippen LogP contribution is -2.10. The largest absolute Gasteiger partial charge is 0.504 e. The number of rotatable bonds is 4. The summed E-state index contributed by atoms with van der Waals surface area (Å²) in [6.45, 7) is 0.0620. The molecule has 0 bridgehead atoms. The van der Waals surface area contributed by atoms with E-state index in [1.54, 1.807) is 0 Å². The van der Waals surface area contributed by atoms with Gasteiger partial charge in [0.25, 0.3) is 0 Å². The Morgan fingerprint density at radius 2 is 2.31 bits per heavy atom. The second kappa shape index (κ2) is 5.14. The van der Waals surface area contributed by atoms with Crippen LogP contribution in [0.1, 0.15) is 16.8 Å². The number of hydrogen-bond acceptors (Lipinski definition) is 4. The molecule has 0 spiro atoms. The van der Waals surface area contributed by atoms with E-state index in [0.29, 0.717) is 0 Å². The molecule has 1 rings (SSSR count). The zero-order valence-corrected chi connectivity index (χ0v) is 9.34. The van der Waals surface area contributed by atoms with Gasteiger partial charge in [-0.05, 0) is 6.54 Å². The highest BCUT2D eigenvalue weighted by atomic mass is 35.5. The maximum atomic E-state index is 13.5. The lowest BCUT2D eigenvalue weighted by molar-refractivity contribution is 0.0978. The average Bonchev–Trinajstić information content (AvgIpc) is 2.24. The number of nitrogens with two attached hydrogens (primary N) is 1. The van der Waals surface area contributed by atoms with Crippen LogP contribution in [0, 0.1) is 5.82 Å². The molecule has 0 heterocycles. The molecule has 0 aliphatic heterocycles. The van der Waals surface area contributed by atoms with Gasteiger partial charge in [-0.1, -0.05) is 11.6 Å². The maximum absolute atomic E-state index is 13.5. The number of benzene rings is 1. The minimum Gasteiger partial charge on any atom is -0.504 e. The summed E-state index contributed by atoms with van der Waals surface area (Å²) in [6.07, 6.45) is -0.0754. The number of carbonyl (C=O) groups excluding carboxylic acids is 1. The molecule has 0 aliphatic rings. The minimum absolute atomic E-state index is 0.0493. The van der Waals surface area contributed by atoms with Gasteiger partial charge in [0.15, 0.2) is 23.1 Å². The van der Waals surface area contributed by atoms with Crippen LogP contribution in [-0.2, 0) is 0 Å². The van der Waals surface area contributed by atoms with Crippen molar-refractivity contribution in [3.8, 4) is 11.5 Å². The van der Waals surface area contributed by atoms with Crippen LogP contribution in [0.15, 0.2) is 6.07 Å². The molecule has 1 aromatic rings. The molecule has 0 aliphatic carbocycles. The number of halogens is 2. The quantitative estimate of drug-likeness (QED) is 0.795. The van der Waals surface area contributed by atoms with Gasteiger partial charge in [-0.15, -0.1) is 0 Å². The topological polar surface area (TPSA) is 72.5 Å². The molecule has 6 heteroatoms. The first-order valence-corrected chi connectivity index (χ1v) is 4.89. The summed E-state index contributed by atoms with van der Waals surface area (Å²) in [6, 6.07) is 1.10. The molecule has 4 nitrogen and oxygen atoms in total. The number of hydrogen-bond donors (Lipinski definition) is 2. The van der Waals surface area contributed by atoms with E-state index in [9.17, 15) is 14.3 Å². The van der Waals surface area contributed by atoms with Crippen molar-refractivity contribution in [3.63, 3.8) is 0 Å². The van der Waals surface area contributed by atoms with Gasteiger partial charge in [-0.25, -0.2) is 4.39 Å². The summed E-state index contributed by atoms with van der Waals surface area (Å²) in [5.41, 5.74) is 4.71. The molecule has 16 heavy (non-hydrogen) atoms. The van der Waals surface area contributed by atoms with Crippen molar-refractivity contribution in [2.45, 2.75) is 6.42 Å². The Hall–Kier alpha value is -1.33. The van der Waals surface area contributed by atoms with Crippen molar-refractivity contribution in [3.05, 3.63) is 22.5 Å². The van der Waals surface area contributed by atoms with Gasteiger partial charge < -0.3 is 15.6 Å². The third-order valence-corrected chi connectivity index (χ3v) is 2.30. The summed E-state index contributed by atoms with van der Waals surface area (Å²) in [4.78, 5) is 11.5. The average molecular weight is 248 g/mol. The van der Waals surface area contributed by atoms with E-state index in [1.165, 1.54) is 7.11 Å². The molecular weight excluding hydrogens is 237 g/mol. The first kappa shape index (κ1) is 12.7. The molecule has 88 valence electrons. The molecule has 0 fully saturated rings. The number of phenols is 1. The fourth-order valence-electron chi connectivity index (χ4n) is 1.26. The molecule has 0 amide bonds. The lowest BCUT2D eigenvalue weighted by Gasteiger charge is -2.10. The van der Waals surface area contributed by atoms with Crippen LogP contribution in [0.3, 0.4) is 0 Å². The number of carbonyl (C=O) groups is 1. The highest BCUT2D eigenvalue weighted by Crippen LogP contribution is 2.36. The zero-order valence-electron chi connectivity index (χ0n) is 8.59. The van der Waals surface area contributed by atoms with E-state index in [0.717, 1.165) is 6.07 Å². The van der Waals surface area contributed by atoms with Crippen molar-refractivity contribution in [2.75, 3.05) is 13.7 Å². The van der Waals surface area contributed by atoms with Crippen molar-refractivity contribution < 1.29 is 19.0 Å². The van der Waals surface area contributed by atoms with Gasteiger partial charge in [-0.3, -0.25) is 4.79 Å². The van der Waals surface area contributed by atoms with Gasteiger partial charge in [0.2, 0.25) is 0 Å². The third kappa shape index (κ3) is 2.25. The van der Waals surface area contributed by atoms with E-state index in [4.69, 9.17) is 22.1 Å². The number of aromatic hydroxyl groups is 1. The summed E-state index contributed by atoms with van der Waals surface area (Å²) >= 11 is 5.56. The first-order valence-electron chi connectivity index (χ1n) is 4.51. The molecule has 3 N–H and O–H groups in total. The number of ether oxygens (including phenoxy) is 1. The van der Waals surface area contributed by atoms with E-state index < -0.39 is 22.9 Å². The Bertz CT molecular complexity index is 423. The fraction of sp³-hybridized carbons (Fsp3) is 0.300. The fourth-order valence-corrected chi connectivity index (χ4v) is 1.45. The standard InChI is InChI=1S/C10H11ClFNO3/c1-16-7-4-5(11)9(12)8(10(7)15)6(14)2-3-13/h4,15H,2-3,13H2,1H3. The Labute approximate surface area is 96.8 Å². The van der Waals surface area contributed by atoms with E-state index in [1.807, 2.05) is 0 Å². The predicted molar refractivity (Wildman–Crippen MR) is 57.6 cm³/mol. The van der Waals surface area contributed by atoms with Crippen molar-refractivity contribution in [2.24, 2.45) is 5.73 Å². The maximum Gasteiger partial charge on any atom is 0.171 e. The van der Waals surface area contributed by atoms with Gasteiger partial charge in [0, 0.05) is 12.5 Å². The van der Waals surface area contributed by atoms with Crippen molar-refractivity contribution in [1.82, 2.24) is 0 Å². The molecular formula is C10H11ClFNO3. The van der Waals surface area contributed by atoms with Crippen LogP contribution in [0.4, 0.5) is 4.39 Å². The highest BCUT2D eigenvalue weighted by Gasteiger charge is 2.22. The predicted octanol–water partition coefficient (Wildman–Crippen LogP) is 1.72. The van der Waals surface area contributed by atoms with Crippen LogP contribution in [-0.4, -0.2) is 24.5 Å². The Morgan fingerprint density at radius 1 is 1.69 bits per heavy atom. The van der Waals surface area contributed by atoms with Crippen LogP contribution in [0.2, 0.25) is 5.02 Å². The highest BCUT2D eigenvalue weighted by molar-refractivity contribution is 6.31. The number of phenolic OH excluding ortho intramolecular Hbond substituents is 1. The van der Waals surface area contributed by atoms with Crippen LogP contribution in [0.25, 0.3) is 0 Å². The molecule has 1 aromatic carbocycles. The minimum atomic E-state index is -0.960. The molecule has 0 aromatic heterocycles.